The number of sulfone groups is 1. The summed E-state index contributed by atoms with van der Waals surface area (Å²) >= 11 is 0. The number of azo groups is 2. The number of ether oxygens (including phenoxy) is 1. The Morgan fingerprint density at radius 1 is 0.772 bits per heavy atom. The van der Waals surface area contributed by atoms with E-state index < -0.39 is 119 Å². The molecule has 1 aromatic heterocycles. The third-order valence-electron chi connectivity index (χ3n) is 7.44. The lowest BCUT2D eigenvalue weighted by Crippen LogP contribution is -2.16. The highest BCUT2D eigenvalue weighted by Gasteiger charge is 2.27. The molecule has 28 heteroatoms. The van der Waals surface area contributed by atoms with Gasteiger partial charge in [-0.25, -0.2) is 22.1 Å². The van der Waals surface area contributed by atoms with Gasteiger partial charge >= 0.3 is 16.4 Å². The molecule has 0 saturated carbocycles. The molecule has 1 heterocycles. The summed E-state index contributed by atoms with van der Waals surface area (Å²) in [5.74, 6) is -5.91. The molecule has 0 radical (unpaired) electrons. The first-order valence-corrected chi connectivity index (χ1v) is 20.8. The van der Waals surface area contributed by atoms with Crippen LogP contribution in [0.1, 0.15) is 10.5 Å². The molecule has 0 atom stereocenters. The van der Waals surface area contributed by atoms with E-state index in [-0.39, 0.29) is 22.1 Å². The fourth-order valence-corrected chi connectivity index (χ4v) is 7.70. The standard InChI is InChI=1S/C29H24N6O18S4/c1-52-21-12-19(20(36)13-22(21)54(41,42)9-8-53-57(49,50)51)31-32-24-23(56(46,47)48)10-14-2-3-15(11-18(14)27(24)37)30-33-25-26(29(39)40)35(34-28(25)38)16-4-6-17(7-5-16)55(43,44)45/h2-7,10-13,36-37H,8-9H2,1H3,(H,34,38)(H,39,40)(H,43,44,45)(H,46,47,48)(H,49,50,51). The monoisotopic (exact) mass is 872 g/mol. The second-order valence-corrected chi connectivity index (χ2v) is 17.1. The summed E-state index contributed by atoms with van der Waals surface area (Å²) in [4.78, 5) is 10.00. The van der Waals surface area contributed by atoms with Crippen molar-refractivity contribution in [3.8, 4) is 28.8 Å². The van der Waals surface area contributed by atoms with Crippen molar-refractivity contribution in [1.82, 2.24) is 9.78 Å². The number of phenolic OH excluding ortho intramolecular Hbond substituents is 2. The third-order valence-corrected chi connectivity index (χ3v) is 11.3. The molecule has 0 unspecified atom stereocenters. The van der Waals surface area contributed by atoms with Gasteiger partial charge in [-0.15, -0.1) is 20.4 Å². The van der Waals surface area contributed by atoms with Crippen LogP contribution >= 0.6 is 0 Å². The van der Waals surface area contributed by atoms with Crippen LogP contribution in [0.2, 0.25) is 0 Å². The summed E-state index contributed by atoms with van der Waals surface area (Å²) in [5, 5.41) is 60.5. The van der Waals surface area contributed by atoms with Crippen LogP contribution in [0.5, 0.6) is 23.1 Å². The van der Waals surface area contributed by atoms with E-state index in [9.17, 15) is 68.0 Å². The Bertz CT molecular complexity index is 2970. The number of benzene rings is 4. The maximum atomic E-state index is 12.8. The van der Waals surface area contributed by atoms with Crippen LogP contribution in [0, 0.1) is 0 Å². The first-order chi connectivity index (χ1) is 26.4. The van der Waals surface area contributed by atoms with Gasteiger partial charge in [-0.05, 0) is 47.9 Å². The van der Waals surface area contributed by atoms with Crippen molar-refractivity contribution in [2.24, 2.45) is 20.5 Å². The molecule has 0 amide bonds. The van der Waals surface area contributed by atoms with Gasteiger partial charge in [-0.1, -0.05) is 6.07 Å². The molecule has 302 valence electrons. The summed E-state index contributed by atoms with van der Waals surface area (Å²) in [7, 11) is -18.1. The number of aromatic carboxylic acids is 1. The minimum Gasteiger partial charge on any atom is -0.506 e. The van der Waals surface area contributed by atoms with E-state index in [1.807, 2.05) is 0 Å². The Morgan fingerprint density at radius 3 is 2.00 bits per heavy atom. The number of fused-ring (bicyclic) bond motifs is 1. The zero-order valence-electron chi connectivity index (χ0n) is 28.1. The van der Waals surface area contributed by atoms with E-state index in [1.165, 1.54) is 12.1 Å². The van der Waals surface area contributed by atoms with Gasteiger partial charge in [0.15, 0.2) is 27.0 Å². The van der Waals surface area contributed by atoms with Crippen molar-refractivity contribution in [3.05, 3.63) is 66.4 Å². The number of aromatic hydroxyl groups is 3. The van der Waals surface area contributed by atoms with Gasteiger partial charge in [0.2, 0.25) is 0 Å². The zero-order chi connectivity index (χ0) is 42.2. The van der Waals surface area contributed by atoms with Crippen LogP contribution in [0.15, 0.2) is 95.8 Å². The molecule has 0 aliphatic heterocycles. The molecular formula is C29H24N6O18S4. The van der Waals surface area contributed by atoms with Crippen molar-refractivity contribution >= 4 is 80.0 Å². The second-order valence-electron chi connectivity index (χ2n) is 11.1. The van der Waals surface area contributed by atoms with Gasteiger partial charge < -0.3 is 25.2 Å². The number of nitrogens with zero attached hydrogens (tertiary/aromatic N) is 6. The molecule has 0 spiro atoms. The fourth-order valence-electron chi connectivity index (χ4n) is 4.90. The van der Waals surface area contributed by atoms with Crippen molar-refractivity contribution < 1.29 is 81.5 Å². The topological polar surface area (TPSA) is 381 Å². The first-order valence-electron chi connectivity index (χ1n) is 14.9. The van der Waals surface area contributed by atoms with Gasteiger partial charge in [-0.2, -0.15) is 30.4 Å². The summed E-state index contributed by atoms with van der Waals surface area (Å²) in [5.41, 5.74) is -3.10. The van der Waals surface area contributed by atoms with Crippen LogP contribution in [0.4, 0.5) is 22.7 Å². The average molecular weight is 873 g/mol. The van der Waals surface area contributed by atoms with Gasteiger partial charge in [0, 0.05) is 17.5 Å². The van der Waals surface area contributed by atoms with Crippen molar-refractivity contribution in [2.45, 2.75) is 14.7 Å². The number of carboxylic acid groups (broad SMARTS) is 1. The zero-order valence-corrected chi connectivity index (χ0v) is 31.4. The Morgan fingerprint density at radius 2 is 1.42 bits per heavy atom. The Labute approximate surface area is 320 Å². The number of phenols is 2. The number of carboxylic acids is 1. The van der Waals surface area contributed by atoms with Gasteiger partial charge in [0.05, 0.1) is 35.7 Å². The lowest BCUT2D eigenvalue weighted by atomic mass is 10.1. The van der Waals surface area contributed by atoms with Crippen molar-refractivity contribution in [1.29, 1.82) is 0 Å². The number of hydrogen-bond donors (Lipinski definition) is 7. The van der Waals surface area contributed by atoms with Crippen LogP contribution in [0.25, 0.3) is 16.5 Å². The van der Waals surface area contributed by atoms with E-state index in [2.05, 4.69) is 29.7 Å². The molecule has 0 bridgehead atoms. The Hall–Kier alpha value is -6.14. The van der Waals surface area contributed by atoms with Crippen LogP contribution < -0.4 is 4.74 Å². The molecule has 0 aliphatic rings. The highest BCUT2D eigenvalue weighted by molar-refractivity contribution is 7.91. The number of carbonyl (C=O) groups is 1. The molecule has 5 rings (SSSR count). The largest absolute Gasteiger partial charge is 0.506 e. The lowest BCUT2D eigenvalue weighted by molar-refractivity contribution is 0.0687. The molecule has 0 saturated heterocycles. The summed E-state index contributed by atoms with van der Waals surface area (Å²) < 4.78 is 132. The first kappa shape index (κ1) is 42.0. The molecule has 5 aromatic rings. The number of aromatic nitrogens is 2. The van der Waals surface area contributed by atoms with E-state index in [0.717, 1.165) is 49.6 Å². The SMILES string of the molecule is COc1cc(N=Nc2c(S(=O)(=O)O)cc3ccc(N=Nc4c(O)nn(-c5ccc(S(=O)(=O)O)cc5)c4C(=O)O)cc3c2O)c(O)cc1S(=O)(=O)CCOS(=O)(=O)O. The molecule has 7 N–H and O–H groups in total. The quantitative estimate of drug-likeness (QED) is 0.0616. The van der Waals surface area contributed by atoms with Crippen molar-refractivity contribution in [2.75, 3.05) is 19.5 Å². The highest BCUT2D eigenvalue weighted by Crippen LogP contribution is 2.44. The van der Waals surface area contributed by atoms with Crippen LogP contribution in [-0.4, -0.2) is 103 Å². The summed E-state index contributed by atoms with van der Waals surface area (Å²) in [6.45, 7) is -1.01. The predicted octanol–water partition coefficient (Wildman–Crippen LogP) is 3.77. The molecule has 0 fully saturated rings. The summed E-state index contributed by atoms with van der Waals surface area (Å²) in [6, 6.07) is 9.90. The van der Waals surface area contributed by atoms with Gasteiger partial charge in [0.1, 0.15) is 32.7 Å². The molecular weight excluding hydrogens is 849 g/mol. The van der Waals surface area contributed by atoms with E-state index in [0.29, 0.717) is 10.7 Å². The average Bonchev–Trinajstić information content (AvgIpc) is 3.45. The smallest absolute Gasteiger partial charge is 0.397 e. The van der Waals surface area contributed by atoms with Crippen LogP contribution in [0.3, 0.4) is 0 Å². The lowest BCUT2D eigenvalue weighted by Gasteiger charge is -2.12. The number of rotatable bonds is 14. The van der Waals surface area contributed by atoms with E-state index >= 15 is 0 Å². The van der Waals surface area contributed by atoms with Gasteiger partial charge in [-0.3, -0.25) is 13.7 Å². The Balaban J connectivity index is 1.54. The highest BCUT2D eigenvalue weighted by atomic mass is 32.3. The normalized spacial score (nSPS) is 12.8. The predicted molar refractivity (Wildman–Crippen MR) is 190 cm³/mol. The number of hydrogen-bond acceptors (Lipinski definition) is 19. The third kappa shape index (κ3) is 9.29. The summed E-state index contributed by atoms with van der Waals surface area (Å²) in [6.07, 6.45) is 0. The number of methoxy groups -OCH3 is 1. The van der Waals surface area contributed by atoms with Gasteiger partial charge in [0.25, 0.3) is 26.1 Å². The van der Waals surface area contributed by atoms with E-state index in [4.69, 9.17) is 9.29 Å². The maximum Gasteiger partial charge on any atom is 0.397 e. The minimum atomic E-state index is -5.15. The Kier molecular flexibility index (Phi) is 11.4. The molecule has 57 heavy (non-hydrogen) atoms. The van der Waals surface area contributed by atoms with Crippen LogP contribution in [-0.2, 0) is 44.7 Å². The molecule has 4 aromatic carbocycles. The second kappa shape index (κ2) is 15.4. The maximum absolute atomic E-state index is 12.8. The fraction of sp³-hybridized carbons (Fsp3) is 0.103. The minimum absolute atomic E-state index is 0.0367. The van der Waals surface area contributed by atoms with E-state index in [1.54, 1.807) is 0 Å². The van der Waals surface area contributed by atoms with Crippen molar-refractivity contribution in [3.63, 3.8) is 0 Å². The molecule has 24 nitrogen and oxygen atoms in total. The molecule has 0 aliphatic carbocycles.